The lowest BCUT2D eigenvalue weighted by molar-refractivity contribution is -0.143. The summed E-state index contributed by atoms with van der Waals surface area (Å²) >= 11 is 0. The van der Waals surface area contributed by atoms with Gasteiger partial charge in [-0.2, -0.15) is 0 Å². The molecule has 0 unspecified atom stereocenters. The Morgan fingerprint density at radius 3 is 2.41 bits per heavy atom. The lowest BCUT2D eigenvalue weighted by Crippen LogP contribution is -2.59. The minimum Gasteiger partial charge on any atom is -0.480 e. The number of morpholine rings is 1. The molecule has 0 aromatic rings. The van der Waals surface area contributed by atoms with E-state index in [0.29, 0.717) is 32.4 Å². The standard InChI is InChI=1S/C19H35N3O5/c1-6-12(2)15(22-16(23)14-11-27-10-9-20-14)17(24)21-13(18(25)26)7-8-19(3,4)5/h12-15,20H,6-11H2,1-5H3,(H,21,24)(H,22,23)(H,25,26)/t12-,13-,14+,15-/m0/s1. The van der Waals surface area contributed by atoms with Crippen molar-refractivity contribution in [2.75, 3.05) is 19.8 Å². The van der Waals surface area contributed by atoms with Crippen molar-refractivity contribution in [1.82, 2.24) is 16.0 Å². The Bertz CT molecular complexity index is 512. The molecule has 1 heterocycles. The number of hydrogen-bond donors (Lipinski definition) is 4. The van der Waals surface area contributed by atoms with Crippen LogP contribution in [0.25, 0.3) is 0 Å². The zero-order valence-electron chi connectivity index (χ0n) is 17.1. The molecule has 2 amide bonds. The third-order valence-corrected chi connectivity index (χ3v) is 4.83. The van der Waals surface area contributed by atoms with E-state index in [4.69, 9.17) is 4.74 Å². The second kappa shape index (κ2) is 10.6. The third kappa shape index (κ3) is 8.26. The van der Waals surface area contributed by atoms with Crippen LogP contribution in [0.2, 0.25) is 0 Å². The Morgan fingerprint density at radius 2 is 1.93 bits per heavy atom. The number of rotatable bonds is 9. The van der Waals surface area contributed by atoms with Crippen LogP contribution in [-0.4, -0.2) is 60.8 Å². The first-order chi connectivity index (χ1) is 12.5. The summed E-state index contributed by atoms with van der Waals surface area (Å²) in [6, 6.07) is -2.27. The van der Waals surface area contributed by atoms with Crippen LogP contribution in [0.5, 0.6) is 0 Å². The molecule has 4 atom stereocenters. The van der Waals surface area contributed by atoms with Gasteiger partial charge in [-0.25, -0.2) is 4.79 Å². The average molecular weight is 386 g/mol. The zero-order chi connectivity index (χ0) is 20.6. The van der Waals surface area contributed by atoms with Gasteiger partial charge in [0, 0.05) is 6.54 Å². The highest BCUT2D eigenvalue weighted by Crippen LogP contribution is 2.22. The summed E-state index contributed by atoms with van der Waals surface area (Å²) in [5, 5.41) is 17.9. The Balaban J connectivity index is 2.77. The van der Waals surface area contributed by atoms with E-state index in [1.165, 1.54) is 0 Å². The Hall–Kier alpha value is -1.67. The molecule has 1 aliphatic rings. The molecule has 4 N–H and O–H groups in total. The fraction of sp³-hybridized carbons (Fsp3) is 0.842. The van der Waals surface area contributed by atoms with Gasteiger partial charge in [0.1, 0.15) is 18.1 Å². The quantitative estimate of drug-likeness (QED) is 0.469. The Labute approximate surface area is 161 Å². The molecular formula is C19H35N3O5. The summed E-state index contributed by atoms with van der Waals surface area (Å²) in [5.41, 5.74) is -0.0323. The molecule has 1 rings (SSSR count). The zero-order valence-corrected chi connectivity index (χ0v) is 17.1. The highest BCUT2D eigenvalue weighted by molar-refractivity contribution is 5.92. The van der Waals surface area contributed by atoms with Gasteiger partial charge in [-0.05, 0) is 24.2 Å². The number of hydrogen-bond acceptors (Lipinski definition) is 5. The fourth-order valence-corrected chi connectivity index (χ4v) is 2.79. The molecule has 1 fully saturated rings. The number of amides is 2. The summed E-state index contributed by atoms with van der Waals surface area (Å²) in [4.78, 5) is 36.8. The maximum Gasteiger partial charge on any atom is 0.326 e. The summed E-state index contributed by atoms with van der Waals surface area (Å²) in [5.74, 6) is -1.97. The van der Waals surface area contributed by atoms with E-state index < -0.39 is 30.0 Å². The molecule has 0 bridgehead atoms. The first-order valence-corrected chi connectivity index (χ1v) is 9.70. The number of carboxylic acid groups (broad SMARTS) is 1. The molecule has 0 aromatic heterocycles. The molecule has 0 radical (unpaired) electrons. The van der Waals surface area contributed by atoms with Gasteiger partial charge in [0.15, 0.2) is 0 Å². The average Bonchev–Trinajstić information content (AvgIpc) is 2.61. The lowest BCUT2D eigenvalue weighted by Gasteiger charge is -2.29. The molecule has 0 aliphatic carbocycles. The summed E-state index contributed by atoms with van der Waals surface area (Å²) < 4.78 is 5.29. The fourth-order valence-electron chi connectivity index (χ4n) is 2.79. The first kappa shape index (κ1) is 23.4. The van der Waals surface area contributed by atoms with E-state index in [1.54, 1.807) is 0 Å². The van der Waals surface area contributed by atoms with Crippen molar-refractivity contribution in [3.05, 3.63) is 0 Å². The molecule has 27 heavy (non-hydrogen) atoms. The minimum atomic E-state index is -1.07. The predicted molar refractivity (Wildman–Crippen MR) is 102 cm³/mol. The molecule has 8 heteroatoms. The number of carbonyl (C=O) groups is 3. The maximum absolute atomic E-state index is 12.8. The van der Waals surface area contributed by atoms with Gasteiger partial charge in [-0.15, -0.1) is 0 Å². The van der Waals surface area contributed by atoms with Crippen molar-refractivity contribution in [3.63, 3.8) is 0 Å². The molecule has 1 saturated heterocycles. The number of aliphatic carboxylic acids is 1. The second-order valence-electron chi connectivity index (χ2n) is 8.45. The predicted octanol–water partition coefficient (Wildman–Crippen LogP) is 0.901. The molecule has 0 saturated carbocycles. The number of carboxylic acids is 1. The molecular weight excluding hydrogens is 350 g/mol. The van der Waals surface area contributed by atoms with Crippen LogP contribution >= 0.6 is 0 Å². The van der Waals surface area contributed by atoms with Crippen molar-refractivity contribution in [3.8, 4) is 0 Å². The topological polar surface area (TPSA) is 117 Å². The van der Waals surface area contributed by atoms with Crippen molar-refractivity contribution in [1.29, 1.82) is 0 Å². The number of ether oxygens (including phenoxy) is 1. The van der Waals surface area contributed by atoms with Gasteiger partial charge in [0.2, 0.25) is 11.8 Å². The largest absolute Gasteiger partial charge is 0.480 e. The van der Waals surface area contributed by atoms with E-state index in [0.717, 1.165) is 0 Å². The van der Waals surface area contributed by atoms with E-state index in [-0.39, 0.29) is 23.8 Å². The van der Waals surface area contributed by atoms with Crippen LogP contribution in [0.15, 0.2) is 0 Å². The van der Waals surface area contributed by atoms with Crippen molar-refractivity contribution in [2.45, 2.75) is 72.0 Å². The van der Waals surface area contributed by atoms with E-state index in [2.05, 4.69) is 16.0 Å². The van der Waals surface area contributed by atoms with E-state index in [1.807, 2.05) is 34.6 Å². The maximum atomic E-state index is 12.8. The number of nitrogens with one attached hydrogen (secondary N) is 3. The second-order valence-corrected chi connectivity index (χ2v) is 8.45. The Morgan fingerprint density at radius 1 is 1.26 bits per heavy atom. The molecule has 0 spiro atoms. The van der Waals surface area contributed by atoms with Gasteiger partial charge >= 0.3 is 5.97 Å². The molecule has 1 aliphatic heterocycles. The van der Waals surface area contributed by atoms with Gasteiger partial charge in [-0.3, -0.25) is 9.59 Å². The first-order valence-electron chi connectivity index (χ1n) is 9.70. The smallest absolute Gasteiger partial charge is 0.326 e. The van der Waals surface area contributed by atoms with Gasteiger partial charge in [0.05, 0.1) is 13.2 Å². The van der Waals surface area contributed by atoms with Crippen molar-refractivity contribution >= 4 is 17.8 Å². The molecule has 156 valence electrons. The SMILES string of the molecule is CC[C@H](C)[C@H](NC(=O)[C@H]1COCCN1)C(=O)N[C@@H](CCC(C)(C)C)C(=O)O. The Kier molecular flexibility index (Phi) is 9.18. The van der Waals surface area contributed by atoms with Crippen LogP contribution in [0.3, 0.4) is 0 Å². The normalized spacial score (nSPS) is 21.0. The molecule has 8 nitrogen and oxygen atoms in total. The summed E-state index contributed by atoms with van der Waals surface area (Å²) in [7, 11) is 0. The van der Waals surface area contributed by atoms with Crippen LogP contribution in [0.4, 0.5) is 0 Å². The van der Waals surface area contributed by atoms with Gasteiger partial charge in [-0.1, -0.05) is 41.0 Å². The van der Waals surface area contributed by atoms with Crippen LogP contribution in [0.1, 0.15) is 53.9 Å². The van der Waals surface area contributed by atoms with Gasteiger partial charge in [0.25, 0.3) is 0 Å². The molecule has 0 aromatic carbocycles. The van der Waals surface area contributed by atoms with E-state index in [9.17, 15) is 19.5 Å². The lowest BCUT2D eigenvalue weighted by atomic mass is 9.88. The minimum absolute atomic E-state index is 0.0323. The number of carbonyl (C=O) groups excluding carboxylic acids is 2. The van der Waals surface area contributed by atoms with Gasteiger partial charge < -0.3 is 25.8 Å². The van der Waals surface area contributed by atoms with Crippen molar-refractivity contribution < 1.29 is 24.2 Å². The van der Waals surface area contributed by atoms with Crippen LogP contribution in [-0.2, 0) is 19.1 Å². The monoisotopic (exact) mass is 385 g/mol. The highest BCUT2D eigenvalue weighted by atomic mass is 16.5. The summed E-state index contributed by atoms with van der Waals surface area (Å²) in [6.45, 7) is 11.2. The highest BCUT2D eigenvalue weighted by Gasteiger charge is 2.32. The summed E-state index contributed by atoms with van der Waals surface area (Å²) in [6.07, 6.45) is 1.67. The third-order valence-electron chi connectivity index (χ3n) is 4.83. The van der Waals surface area contributed by atoms with Crippen molar-refractivity contribution in [2.24, 2.45) is 11.3 Å². The van der Waals surface area contributed by atoms with Crippen LogP contribution < -0.4 is 16.0 Å². The van der Waals surface area contributed by atoms with Crippen LogP contribution in [0, 0.1) is 11.3 Å². The van der Waals surface area contributed by atoms with E-state index >= 15 is 0 Å².